The molecule has 232 valence electrons. The lowest BCUT2D eigenvalue weighted by molar-refractivity contribution is -0.137. The Labute approximate surface area is 240 Å². The van der Waals surface area contributed by atoms with Gasteiger partial charge in [-0.25, -0.2) is 0 Å². The molecule has 0 atom stereocenters. The molecule has 0 spiro atoms. The van der Waals surface area contributed by atoms with E-state index in [2.05, 4.69) is 27.7 Å². The van der Waals surface area contributed by atoms with Crippen LogP contribution in [0.1, 0.15) is 208 Å². The molecule has 38 heavy (non-hydrogen) atoms. The Morgan fingerprint density at radius 1 is 0.316 bits per heavy atom. The molecule has 0 aromatic heterocycles. The van der Waals surface area contributed by atoms with Crippen molar-refractivity contribution < 1.29 is 19.8 Å². The van der Waals surface area contributed by atoms with Crippen molar-refractivity contribution in [3.63, 3.8) is 0 Å². The van der Waals surface area contributed by atoms with Crippen molar-refractivity contribution in [3.8, 4) is 0 Å². The Morgan fingerprint density at radius 2 is 0.421 bits per heavy atom. The Morgan fingerprint density at radius 3 is 0.500 bits per heavy atom. The van der Waals surface area contributed by atoms with Gasteiger partial charge in [-0.15, -0.1) is 0 Å². The van der Waals surface area contributed by atoms with Gasteiger partial charge in [-0.1, -0.05) is 196 Å². The first-order valence-electron chi connectivity index (χ1n) is 16.8. The summed E-state index contributed by atoms with van der Waals surface area (Å²) in [6.45, 7) is 12.3. The molecule has 0 amide bonds. The van der Waals surface area contributed by atoms with E-state index < -0.39 is 11.9 Å². The fourth-order valence-corrected chi connectivity index (χ4v) is 3.83. The molecule has 0 aromatic carbocycles. The first-order chi connectivity index (χ1) is 18.4. The molecule has 0 heterocycles. The van der Waals surface area contributed by atoms with Gasteiger partial charge in [-0.2, -0.15) is 0 Å². The van der Waals surface area contributed by atoms with Crippen molar-refractivity contribution in [3.05, 3.63) is 0 Å². The van der Waals surface area contributed by atoms with Gasteiger partial charge in [-0.3, -0.25) is 9.59 Å². The van der Waals surface area contributed by atoms with Gasteiger partial charge in [0.05, 0.1) is 0 Å². The standard InChI is InChI=1S/2C14H30.2C3H6O2/c2*1-3-5-7-9-11-13-14-12-10-8-6-4-2;2*1-2-3(4)5/h2*3-14H2,1-2H3;2*2H2,1H3,(H,4,5). The molecule has 0 saturated carbocycles. The summed E-state index contributed by atoms with van der Waals surface area (Å²) in [5, 5.41) is 15.4. The molecule has 0 radical (unpaired) electrons. The van der Waals surface area contributed by atoms with Crippen LogP contribution < -0.4 is 0 Å². The van der Waals surface area contributed by atoms with E-state index in [1.165, 1.54) is 154 Å². The summed E-state index contributed by atoms with van der Waals surface area (Å²) in [6, 6.07) is 0. The van der Waals surface area contributed by atoms with Crippen molar-refractivity contribution in [2.75, 3.05) is 0 Å². The predicted molar refractivity (Wildman–Crippen MR) is 169 cm³/mol. The predicted octanol–water partition coefficient (Wildman–Crippen LogP) is 12.4. The van der Waals surface area contributed by atoms with Crippen molar-refractivity contribution in [2.24, 2.45) is 0 Å². The van der Waals surface area contributed by atoms with Crippen LogP contribution >= 0.6 is 0 Å². The van der Waals surface area contributed by atoms with Crippen LogP contribution in [0, 0.1) is 0 Å². The summed E-state index contributed by atoms with van der Waals surface area (Å²) in [5.74, 6) is -1.49. The average Bonchev–Trinajstić information content (AvgIpc) is 2.92. The van der Waals surface area contributed by atoms with Gasteiger partial charge in [0.25, 0.3) is 0 Å². The summed E-state index contributed by atoms with van der Waals surface area (Å²) < 4.78 is 0. The van der Waals surface area contributed by atoms with E-state index in [0.717, 1.165) is 0 Å². The number of aliphatic carboxylic acids is 2. The minimum Gasteiger partial charge on any atom is -0.481 e. The van der Waals surface area contributed by atoms with Gasteiger partial charge in [0, 0.05) is 12.8 Å². The monoisotopic (exact) mass is 545 g/mol. The lowest BCUT2D eigenvalue weighted by Gasteiger charge is -2.01. The van der Waals surface area contributed by atoms with Crippen molar-refractivity contribution in [1.29, 1.82) is 0 Å². The lowest BCUT2D eigenvalue weighted by Crippen LogP contribution is -1.86. The molecule has 0 rings (SSSR count). The van der Waals surface area contributed by atoms with E-state index in [0.29, 0.717) is 0 Å². The first kappa shape index (κ1) is 44.0. The molecule has 0 aliphatic carbocycles. The Balaban J connectivity index is -0.000000225. The zero-order valence-electron chi connectivity index (χ0n) is 27.1. The van der Waals surface area contributed by atoms with E-state index in [-0.39, 0.29) is 12.8 Å². The van der Waals surface area contributed by atoms with Crippen LogP contribution in [0.4, 0.5) is 0 Å². The number of carboxylic acid groups (broad SMARTS) is 2. The average molecular weight is 545 g/mol. The van der Waals surface area contributed by atoms with E-state index in [1.54, 1.807) is 13.8 Å². The molecule has 0 aliphatic rings. The molecule has 4 heteroatoms. The van der Waals surface area contributed by atoms with E-state index >= 15 is 0 Å². The van der Waals surface area contributed by atoms with Gasteiger partial charge < -0.3 is 10.2 Å². The van der Waals surface area contributed by atoms with Crippen LogP contribution in [-0.4, -0.2) is 22.2 Å². The Bertz CT molecular complexity index is 347. The Kier molecular flexibility index (Phi) is 53.0. The second-order valence-electron chi connectivity index (χ2n) is 10.6. The van der Waals surface area contributed by atoms with E-state index in [1.807, 2.05) is 0 Å². The smallest absolute Gasteiger partial charge is 0.303 e. The van der Waals surface area contributed by atoms with Crippen molar-refractivity contribution >= 4 is 11.9 Å². The molecular formula is C34H72O4. The normalized spacial score (nSPS) is 9.84. The van der Waals surface area contributed by atoms with E-state index in [4.69, 9.17) is 10.2 Å². The third kappa shape index (κ3) is 64.7. The fourth-order valence-electron chi connectivity index (χ4n) is 3.83. The van der Waals surface area contributed by atoms with Crippen molar-refractivity contribution in [2.45, 2.75) is 208 Å². The first-order valence-corrected chi connectivity index (χ1v) is 16.8. The quantitative estimate of drug-likeness (QED) is 0.118. The minimum absolute atomic E-state index is 0.222. The summed E-state index contributed by atoms with van der Waals surface area (Å²) in [5.41, 5.74) is 0. The van der Waals surface area contributed by atoms with Gasteiger partial charge in [-0.05, 0) is 0 Å². The molecule has 2 N–H and O–H groups in total. The lowest BCUT2D eigenvalue weighted by atomic mass is 10.1. The summed E-state index contributed by atoms with van der Waals surface area (Å²) in [4.78, 5) is 18.7. The van der Waals surface area contributed by atoms with Crippen LogP contribution in [0.25, 0.3) is 0 Å². The zero-order chi connectivity index (χ0) is 29.5. The SMILES string of the molecule is CCC(=O)O.CCC(=O)O.CCCCCCCCCCCCCC.CCCCCCCCCCCCCC. The van der Waals surface area contributed by atoms with Gasteiger partial charge in [0.15, 0.2) is 0 Å². The third-order valence-corrected chi connectivity index (χ3v) is 6.52. The highest BCUT2D eigenvalue weighted by Gasteiger charge is 1.93. The van der Waals surface area contributed by atoms with Crippen LogP contribution in [0.15, 0.2) is 0 Å². The van der Waals surface area contributed by atoms with Crippen LogP contribution in [0.3, 0.4) is 0 Å². The highest BCUT2D eigenvalue weighted by atomic mass is 16.4. The highest BCUT2D eigenvalue weighted by molar-refractivity contribution is 5.66. The maximum atomic E-state index is 9.37. The van der Waals surface area contributed by atoms with Gasteiger partial charge in [0.2, 0.25) is 0 Å². The topological polar surface area (TPSA) is 74.6 Å². The number of carboxylic acids is 2. The second kappa shape index (κ2) is 45.8. The molecule has 0 fully saturated rings. The van der Waals surface area contributed by atoms with Gasteiger partial charge in [0.1, 0.15) is 0 Å². The molecular weight excluding hydrogens is 472 g/mol. The molecule has 0 unspecified atom stereocenters. The number of rotatable bonds is 24. The summed E-state index contributed by atoms with van der Waals surface area (Å²) in [7, 11) is 0. The second-order valence-corrected chi connectivity index (χ2v) is 10.6. The molecule has 0 saturated heterocycles. The van der Waals surface area contributed by atoms with Gasteiger partial charge >= 0.3 is 11.9 Å². The number of unbranched alkanes of at least 4 members (excludes halogenated alkanes) is 22. The summed E-state index contributed by atoms with van der Waals surface area (Å²) >= 11 is 0. The molecule has 0 aliphatic heterocycles. The minimum atomic E-state index is -0.745. The maximum absolute atomic E-state index is 9.37. The highest BCUT2D eigenvalue weighted by Crippen LogP contribution is 2.12. The Hall–Kier alpha value is -1.06. The maximum Gasteiger partial charge on any atom is 0.303 e. The van der Waals surface area contributed by atoms with Crippen LogP contribution in [-0.2, 0) is 9.59 Å². The fraction of sp³-hybridized carbons (Fsp3) is 0.941. The van der Waals surface area contributed by atoms with Crippen LogP contribution in [0.5, 0.6) is 0 Å². The third-order valence-electron chi connectivity index (χ3n) is 6.52. The number of hydrogen-bond donors (Lipinski definition) is 2. The molecule has 0 bridgehead atoms. The zero-order valence-corrected chi connectivity index (χ0v) is 27.1. The number of hydrogen-bond acceptors (Lipinski definition) is 2. The molecule has 0 aromatic rings. The molecule has 4 nitrogen and oxygen atoms in total. The van der Waals surface area contributed by atoms with E-state index in [9.17, 15) is 9.59 Å². The van der Waals surface area contributed by atoms with Crippen molar-refractivity contribution in [1.82, 2.24) is 0 Å². The number of carbonyl (C=O) groups is 2. The largest absolute Gasteiger partial charge is 0.481 e. The summed E-state index contributed by atoms with van der Waals surface area (Å²) in [6.07, 6.45) is 35.3. The van der Waals surface area contributed by atoms with Crippen LogP contribution in [0.2, 0.25) is 0 Å².